The molecule has 1 amide bonds. The summed E-state index contributed by atoms with van der Waals surface area (Å²) in [5.74, 6) is 0.350. The molecule has 1 fully saturated rings. The van der Waals surface area contributed by atoms with Gasteiger partial charge in [-0.1, -0.05) is 12.1 Å². The summed E-state index contributed by atoms with van der Waals surface area (Å²) in [6.07, 6.45) is 1.40. The van der Waals surface area contributed by atoms with Gasteiger partial charge in [0, 0.05) is 13.6 Å². The van der Waals surface area contributed by atoms with Gasteiger partial charge < -0.3 is 20.3 Å². The van der Waals surface area contributed by atoms with Gasteiger partial charge in [0.2, 0.25) is 11.9 Å². The first kappa shape index (κ1) is 13.9. The zero-order valence-electron chi connectivity index (χ0n) is 12.1. The molecule has 1 aromatic carbocycles. The Morgan fingerprint density at radius 2 is 2.24 bits per heavy atom. The summed E-state index contributed by atoms with van der Waals surface area (Å²) in [6.45, 7) is 1.20. The minimum absolute atomic E-state index is 0.00651. The molecule has 21 heavy (non-hydrogen) atoms. The topological polar surface area (TPSA) is 84.4 Å². The number of carbonyl (C=O) groups excluding carboxylic acids is 1. The summed E-state index contributed by atoms with van der Waals surface area (Å²) >= 11 is 0. The van der Waals surface area contributed by atoms with E-state index in [9.17, 15) is 9.90 Å². The van der Waals surface area contributed by atoms with Crippen molar-refractivity contribution >= 4 is 22.9 Å². The number of benzene rings is 1. The number of amides is 1. The lowest BCUT2D eigenvalue weighted by molar-refractivity contribution is -0.123. The lowest BCUT2D eigenvalue weighted by Gasteiger charge is -2.39. The van der Waals surface area contributed by atoms with Crippen molar-refractivity contribution < 1.29 is 9.90 Å². The molecule has 2 heterocycles. The zero-order chi connectivity index (χ0) is 15.0. The Morgan fingerprint density at radius 1 is 1.48 bits per heavy atom. The van der Waals surface area contributed by atoms with Gasteiger partial charge in [0.05, 0.1) is 29.6 Å². The van der Waals surface area contributed by atoms with Crippen molar-refractivity contribution in [2.75, 3.05) is 18.0 Å². The number of fused-ring (bicyclic) bond motifs is 1. The molecular formula is C15H20N4O2. The van der Waals surface area contributed by atoms with Crippen LogP contribution in [0.25, 0.3) is 11.0 Å². The number of nitrogens with zero attached hydrogens (tertiary/aromatic N) is 3. The molecule has 1 aliphatic heterocycles. The summed E-state index contributed by atoms with van der Waals surface area (Å²) < 4.78 is 2.02. The molecule has 3 rings (SSSR count). The van der Waals surface area contributed by atoms with Gasteiger partial charge in [-0.25, -0.2) is 4.98 Å². The van der Waals surface area contributed by atoms with Crippen molar-refractivity contribution in [2.45, 2.75) is 24.9 Å². The number of rotatable bonds is 3. The molecule has 1 atom stereocenters. The fraction of sp³-hybridized carbons (Fsp3) is 0.467. The Labute approximate surface area is 123 Å². The van der Waals surface area contributed by atoms with Crippen molar-refractivity contribution in [2.24, 2.45) is 12.8 Å². The fourth-order valence-corrected chi connectivity index (χ4v) is 3.17. The maximum Gasteiger partial charge on any atom is 0.220 e. The minimum Gasteiger partial charge on any atom is -0.388 e. The van der Waals surface area contributed by atoms with E-state index in [0.29, 0.717) is 13.0 Å². The van der Waals surface area contributed by atoms with Crippen molar-refractivity contribution in [3.63, 3.8) is 0 Å². The van der Waals surface area contributed by atoms with Crippen molar-refractivity contribution in [3.05, 3.63) is 24.3 Å². The molecule has 6 nitrogen and oxygen atoms in total. The van der Waals surface area contributed by atoms with Gasteiger partial charge in [0.1, 0.15) is 0 Å². The summed E-state index contributed by atoms with van der Waals surface area (Å²) in [7, 11) is 1.96. The number of aryl methyl sites for hydroxylation is 1. The van der Waals surface area contributed by atoms with Gasteiger partial charge in [0.15, 0.2) is 0 Å². The molecule has 6 heteroatoms. The quantitative estimate of drug-likeness (QED) is 0.874. The number of primary amides is 1. The Hall–Kier alpha value is -2.08. The highest BCUT2D eigenvalue weighted by molar-refractivity contribution is 5.79. The highest BCUT2D eigenvalue weighted by Crippen LogP contribution is 2.29. The Morgan fingerprint density at radius 3 is 2.95 bits per heavy atom. The first-order chi connectivity index (χ1) is 9.98. The number of imidazole rings is 1. The average Bonchev–Trinajstić information content (AvgIpc) is 2.75. The SMILES string of the molecule is Cn1c(N2CCCC(O)(CC(N)=O)C2)nc2ccccc21. The fourth-order valence-electron chi connectivity index (χ4n) is 3.17. The molecule has 1 aliphatic rings. The molecule has 0 bridgehead atoms. The molecule has 0 saturated carbocycles. The predicted octanol–water partition coefficient (Wildman–Crippen LogP) is 0.780. The standard InChI is InChI=1S/C15H20N4O2/c1-18-12-6-3-2-5-11(12)17-14(18)19-8-4-7-15(21,10-19)9-13(16)20/h2-3,5-6,21H,4,7-10H2,1H3,(H2,16,20). The molecule has 0 aliphatic carbocycles. The van der Waals surface area contributed by atoms with Crippen LogP contribution < -0.4 is 10.6 Å². The number of para-hydroxylation sites is 2. The lowest BCUT2D eigenvalue weighted by atomic mass is 9.89. The third-order valence-electron chi connectivity index (χ3n) is 4.11. The van der Waals surface area contributed by atoms with Gasteiger partial charge in [-0.05, 0) is 25.0 Å². The zero-order valence-corrected chi connectivity index (χ0v) is 12.1. The Balaban J connectivity index is 1.91. The van der Waals surface area contributed by atoms with Crippen molar-refractivity contribution in [1.29, 1.82) is 0 Å². The number of β-amino-alcohol motifs (C(OH)–C–C–N with tert-alkyl or cyclic N) is 1. The number of hydrogen-bond donors (Lipinski definition) is 2. The Bertz CT molecular complexity index is 681. The van der Waals surface area contributed by atoms with E-state index < -0.39 is 11.5 Å². The van der Waals surface area contributed by atoms with Crippen LogP contribution in [0.2, 0.25) is 0 Å². The second-order valence-corrected chi connectivity index (χ2v) is 5.85. The van der Waals surface area contributed by atoms with Crippen LogP contribution in [0, 0.1) is 0 Å². The maximum absolute atomic E-state index is 11.1. The highest BCUT2D eigenvalue weighted by Gasteiger charge is 2.36. The second-order valence-electron chi connectivity index (χ2n) is 5.85. The minimum atomic E-state index is -1.05. The first-order valence-corrected chi connectivity index (χ1v) is 7.16. The van der Waals surface area contributed by atoms with E-state index in [1.165, 1.54) is 0 Å². The smallest absolute Gasteiger partial charge is 0.220 e. The average molecular weight is 288 g/mol. The third-order valence-corrected chi connectivity index (χ3v) is 4.11. The van der Waals surface area contributed by atoms with Gasteiger partial charge in [-0.15, -0.1) is 0 Å². The monoisotopic (exact) mass is 288 g/mol. The number of hydrogen-bond acceptors (Lipinski definition) is 4. The van der Waals surface area contributed by atoms with E-state index in [-0.39, 0.29) is 6.42 Å². The summed E-state index contributed by atoms with van der Waals surface area (Å²) in [5, 5.41) is 10.6. The molecule has 3 N–H and O–H groups in total. The molecule has 112 valence electrons. The number of anilines is 1. The van der Waals surface area contributed by atoms with E-state index in [1.54, 1.807) is 0 Å². The van der Waals surface area contributed by atoms with E-state index in [4.69, 9.17) is 5.73 Å². The van der Waals surface area contributed by atoms with E-state index in [0.717, 1.165) is 29.9 Å². The molecule has 1 saturated heterocycles. The van der Waals surface area contributed by atoms with Crippen LogP contribution in [0.5, 0.6) is 0 Å². The van der Waals surface area contributed by atoms with Crippen LogP contribution in [0.4, 0.5) is 5.95 Å². The molecule has 0 radical (unpaired) electrons. The largest absolute Gasteiger partial charge is 0.388 e. The third kappa shape index (κ3) is 2.58. The second kappa shape index (κ2) is 5.04. The van der Waals surface area contributed by atoms with E-state index >= 15 is 0 Å². The van der Waals surface area contributed by atoms with Crippen molar-refractivity contribution in [1.82, 2.24) is 9.55 Å². The molecule has 1 aromatic heterocycles. The predicted molar refractivity (Wildman–Crippen MR) is 80.9 cm³/mol. The van der Waals surface area contributed by atoms with Crippen LogP contribution in [0.1, 0.15) is 19.3 Å². The Kier molecular flexibility index (Phi) is 3.33. The summed E-state index contributed by atoms with van der Waals surface area (Å²) in [5.41, 5.74) is 6.17. The first-order valence-electron chi connectivity index (χ1n) is 7.16. The van der Waals surface area contributed by atoms with Crippen LogP contribution in [-0.2, 0) is 11.8 Å². The number of aromatic nitrogens is 2. The lowest BCUT2D eigenvalue weighted by Crippen LogP contribution is -2.50. The maximum atomic E-state index is 11.1. The summed E-state index contributed by atoms with van der Waals surface area (Å²) in [6, 6.07) is 7.93. The summed E-state index contributed by atoms with van der Waals surface area (Å²) in [4.78, 5) is 17.8. The van der Waals surface area contributed by atoms with Gasteiger partial charge in [-0.3, -0.25) is 4.79 Å². The van der Waals surface area contributed by atoms with Crippen LogP contribution in [0.15, 0.2) is 24.3 Å². The van der Waals surface area contributed by atoms with Gasteiger partial charge in [-0.2, -0.15) is 0 Å². The van der Waals surface area contributed by atoms with Crippen LogP contribution in [0.3, 0.4) is 0 Å². The van der Waals surface area contributed by atoms with Crippen LogP contribution in [-0.4, -0.2) is 39.3 Å². The number of aliphatic hydroxyl groups is 1. The van der Waals surface area contributed by atoms with Gasteiger partial charge >= 0.3 is 0 Å². The number of carbonyl (C=O) groups is 1. The molecule has 2 aromatic rings. The number of nitrogens with two attached hydrogens (primary N) is 1. The van der Waals surface area contributed by atoms with Crippen LogP contribution >= 0.6 is 0 Å². The molecular weight excluding hydrogens is 268 g/mol. The van der Waals surface area contributed by atoms with Gasteiger partial charge in [0.25, 0.3) is 0 Å². The normalized spacial score (nSPS) is 22.7. The molecule has 0 spiro atoms. The molecule has 1 unspecified atom stereocenters. The van der Waals surface area contributed by atoms with E-state index in [1.807, 2.05) is 40.8 Å². The van der Waals surface area contributed by atoms with E-state index in [2.05, 4.69) is 4.98 Å². The van der Waals surface area contributed by atoms with Crippen molar-refractivity contribution in [3.8, 4) is 0 Å². The highest BCUT2D eigenvalue weighted by atomic mass is 16.3. The number of piperidine rings is 1.